The van der Waals surface area contributed by atoms with E-state index in [4.69, 9.17) is 0 Å². The second-order valence-electron chi connectivity index (χ2n) is 5.21. The second-order valence-corrected chi connectivity index (χ2v) is 5.21. The van der Waals surface area contributed by atoms with Crippen LogP contribution in [0.1, 0.15) is 31.2 Å². The minimum absolute atomic E-state index is 0.109. The van der Waals surface area contributed by atoms with Gasteiger partial charge in [-0.25, -0.2) is 0 Å². The first-order valence-electron chi connectivity index (χ1n) is 6.73. The maximum absolute atomic E-state index is 12.8. The van der Waals surface area contributed by atoms with Crippen molar-refractivity contribution in [2.45, 2.75) is 51.9 Å². The number of hydrogen-bond acceptors (Lipinski definition) is 2. The van der Waals surface area contributed by atoms with Crippen molar-refractivity contribution in [1.82, 2.24) is 15.1 Å². The summed E-state index contributed by atoms with van der Waals surface area (Å²) in [6.07, 6.45) is -3.11. The maximum atomic E-state index is 12.8. The van der Waals surface area contributed by atoms with Gasteiger partial charge in [-0.2, -0.15) is 18.3 Å². The zero-order chi connectivity index (χ0) is 14.0. The van der Waals surface area contributed by atoms with Crippen LogP contribution in [0.2, 0.25) is 0 Å². The molecule has 2 atom stereocenters. The van der Waals surface area contributed by atoms with Gasteiger partial charge in [-0.15, -0.1) is 0 Å². The Morgan fingerprint density at radius 1 is 1.47 bits per heavy atom. The van der Waals surface area contributed by atoms with Crippen LogP contribution < -0.4 is 5.32 Å². The van der Waals surface area contributed by atoms with Crippen LogP contribution in [0.25, 0.3) is 0 Å². The number of aromatic nitrogens is 2. The maximum Gasteiger partial charge on any atom is 0.391 e. The van der Waals surface area contributed by atoms with Crippen LogP contribution in [0.4, 0.5) is 13.2 Å². The largest absolute Gasteiger partial charge is 0.391 e. The van der Waals surface area contributed by atoms with Gasteiger partial charge in [0, 0.05) is 24.7 Å². The van der Waals surface area contributed by atoms with Gasteiger partial charge in [-0.3, -0.25) is 4.68 Å². The molecule has 0 saturated carbocycles. The molecule has 0 bridgehead atoms. The summed E-state index contributed by atoms with van der Waals surface area (Å²) < 4.78 is 40.1. The molecular formula is C13H20F3N3. The zero-order valence-electron chi connectivity index (χ0n) is 11.3. The van der Waals surface area contributed by atoms with Crippen LogP contribution in [-0.4, -0.2) is 28.5 Å². The zero-order valence-corrected chi connectivity index (χ0v) is 11.3. The quantitative estimate of drug-likeness (QED) is 0.919. The van der Waals surface area contributed by atoms with Gasteiger partial charge < -0.3 is 5.32 Å². The van der Waals surface area contributed by atoms with Crippen molar-refractivity contribution >= 4 is 0 Å². The molecule has 0 radical (unpaired) electrons. The molecule has 3 nitrogen and oxygen atoms in total. The molecule has 1 aliphatic rings. The van der Waals surface area contributed by atoms with Crippen molar-refractivity contribution in [3.05, 3.63) is 17.5 Å². The van der Waals surface area contributed by atoms with E-state index in [0.717, 1.165) is 17.9 Å². The molecule has 108 valence electrons. The van der Waals surface area contributed by atoms with Gasteiger partial charge in [0.05, 0.1) is 11.6 Å². The minimum Gasteiger partial charge on any atom is -0.314 e. The number of aryl methyl sites for hydroxylation is 2. The van der Waals surface area contributed by atoms with Crippen molar-refractivity contribution < 1.29 is 13.2 Å². The topological polar surface area (TPSA) is 29.9 Å². The van der Waals surface area contributed by atoms with Crippen molar-refractivity contribution in [2.75, 3.05) is 6.54 Å². The minimum atomic E-state index is -4.07. The first-order valence-corrected chi connectivity index (χ1v) is 6.73. The third kappa shape index (κ3) is 3.49. The number of nitrogens with zero attached hydrogens (tertiary/aromatic N) is 2. The summed E-state index contributed by atoms with van der Waals surface area (Å²) in [7, 11) is 0. The Hall–Kier alpha value is -1.04. The molecule has 1 fully saturated rings. The SMILES string of the molecule is CCn1nc(C)cc1CC1CC(C(F)(F)F)CCN1. The van der Waals surface area contributed by atoms with E-state index in [0.29, 0.717) is 13.0 Å². The van der Waals surface area contributed by atoms with Gasteiger partial charge in [0.15, 0.2) is 0 Å². The van der Waals surface area contributed by atoms with Crippen LogP contribution in [-0.2, 0) is 13.0 Å². The van der Waals surface area contributed by atoms with Crippen LogP contribution in [0.15, 0.2) is 6.07 Å². The Morgan fingerprint density at radius 2 is 2.21 bits per heavy atom. The molecule has 1 aliphatic heterocycles. The molecule has 6 heteroatoms. The lowest BCUT2D eigenvalue weighted by Gasteiger charge is -2.31. The number of hydrogen-bond donors (Lipinski definition) is 1. The van der Waals surface area contributed by atoms with Gasteiger partial charge in [0.25, 0.3) is 0 Å². The first-order chi connectivity index (χ1) is 8.90. The molecule has 2 unspecified atom stereocenters. The predicted molar refractivity (Wildman–Crippen MR) is 66.9 cm³/mol. The average Bonchev–Trinajstić information content (AvgIpc) is 2.69. The second kappa shape index (κ2) is 5.53. The summed E-state index contributed by atoms with van der Waals surface area (Å²) >= 11 is 0. The Balaban J connectivity index is 2.02. The molecule has 0 aliphatic carbocycles. The van der Waals surface area contributed by atoms with E-state index in [1.165, 1.54) is 0 Å². The van der Waals surface area contributed by atoms with Gasteiger partial charge in [0.1, 0.15) is 0 Å². The number of halogens is 3. The lowest BCUT2D eigenvalue weighted by molar-refractivity contribution is -0.183. The third-order valence-corrected chi connectivity index (χ3v) is 3.70. The lowest BCUT2D eigenvalue weighted by atomic mass is 9.90. The van der Waals surface area contributed by atoms with Crippen LogP contribution in [0.3, 0.4) is 0 Å². The van der Waals surface area contributed by atoms with Crippen molar-refractivity contribution in [3.8, 4) is 0 Å². The number of nitrogens with one attached hydrogen (secondary N) is 1. The lowest BCUT2D eigenvalue weighted by Crippen LogP contribution is -2.44. The van der Waals surface area contributed by atoms with E-state index in [-0.39, 0.29) is 18.9 Å². The summed E-state index contributed by atoms with van der Waals surface area (Å²) in [6.45, 7) is 5.08. The highest BCUT2D eigenvalue weighted by molar-refractivity contribution is 5.11. The summed E-state index contributed by atoms with van der Waals surface area (Å²) in [6, 6.07) is 1.85. The van der Waals surface area contributed by atoms with E-state index in [1.807, 2.05) is 24.6 Å². The highest BCUT2D eigenvalue weighted by Gasteiger charge is 2.42. The molecular weight excluding hydrogens is 255 g/mol. The monoisotopic (exact) mass is 275 g/mol. The van der Waals surface area contributed by atoms with Crippen molar-refractivity contribution in [3.63, 3.8) is 0 Å². The van der Waals surface area contributed by atoms with Gasteiger partial charge in [0.2, 0.25) is 0 Å². The van der Waals surface area contributed by atoms with Crippen LogP contribution in [0.5, 0.6) is 0 Å². The molecule has 0 spiro atoms. The van der Waals surface area contributed by atoms with Crippen LogP contribution >= 0.6 is 0 Å². The Kier molecular flexibility index (Phi) is 4.18. The average molecular weight is 275 g/mol. The van der Waals surface area contributed by atoms with E-state index in [9.17, 15) is 13.2 Å². The Labute approximate surface area is 111 Å². The summed E-state index contributed by atoms with van der Waals surface area (Å²) in [5, 5.41) is 7.52. The smallest absolute Gasteiger partial charge is 0.314 e. The summed E-state index contributed by atoms with van der Waals surface area (Å²) in [4.78, 5) is 0. The first kappa shape index (κ1) is 14.4. The summed E-state index contributed by atoms with van der Waals surface area (Å²) in [5.74, 6) is -1.17. The van der Waals surface area contributed by atoms with Gasteiger partial charge >= 0.3 is 6.18 Å². The van der Waals surface area contributed by atoms with E-state index in [1.54, 1.807) is 0 Å². The third-order valence-electron chi connectivity index (χ3n) is 3.70. The highest BCUT2D eigenvalue weighted by atomic mass is 19.4. The number of piperidine rings is 1. The summed E-state index contributed by atoms with van der Waals surface area (Å²) in [5.41, 5.74) is 1.93. The molecule has 1 aromatic heterocycles. The molecule has 1 aromatic rings. The number of rotatable bonds is 3. The molecule has 19 heavy (non-hydrogen) atoms. The fourth-order valence-electron chi connectivity index (χ4n) is 2.75. The van der Waals surface area contributed by atoms with Crippen molar-refractivity contribution in [2.24, 2.45) is 5.92 Å². The molecule has 0 aromatic carbocycles. The van der Waals surface area contributed by atoms with E-state index >= 15 is 0 Å². The van der Waals surface area contributed by atoms with Crippen LogP contribution in [0, 0.1) is 12.8 Å². The fourth-order valence-corrected chi connectivity index (χ4v) is 2.75. The molecule has 0 amide bonds. The highest BCUT2D eigenvalue weighted by Crippen LogP contribution is 2.34. The van der Waals surface area contributed by atoms with Crippen molar-refractivity contribution in [1.29, 1.82) is 0 Å². The Morgan fingerprint density at radius 3 is 2.84 bits per heavy atom. The predicted octanol–water partition coefficient (Wildman–Crippen LogP) is 2.68. The van der Waals surface area contributed by atoms with Gasteiger partial charge in [-0.05, 0) is 39.3 Å². The standard InChI is InChI=1S/C13H20F3N3/c1-3-19-12(6-9(2)18-19)8-11-7-10(4-5-17-11)13(14,15)16/h6,10-11,17H,3-5,7-8H2,1-2H3. The molecule has 1 N–H and O–H groups in total. The molecule has 2 heterocycles. The number of alkyl halides is 3. The van der Waals surface area contributed by atoms with E-state index in [2.05, 4.69) is 10.4 Å². The van der Waals surface area contributed by atoms with E-state index < -0.39 is 12.1 Å². The molecule has 1 saturated heterocycles. The normalized spacial score (nSPS) is 24.7. The Bertz CT molecular complexity index is 425. The van der Waals surface area contributed by atoms with Gasteiger partial charge in [-0.1, -0.05) is 0 Å². The molecule has 2 rings (SSSR count). The fraction of sp³-hybridized carbons (Fsp3) is 0.769.